The van der Waals surface area contributed by atoms with Gasteiger partial charge in [0, 0.05) is 29.1 Å². The van der Waals surface area contributed by atoms with Gasteiger partial charge in [0.15, 0.2) is 5.78 Å². The van der Waals surface area contributed by atoms with Crippen LogP contribution in [0.3, 0.4) is 0 Å². The van der Waals surface area contributed by atoms with E-state index >= 15 is 0 Å². The van der Waals surface area contributed by atoms with Gasteiger partial charge in [0.05, 0.1) is 12.0 Å². The van der Waals surface area contributed by atoms with Crippen molar-refractivity contribution in [3.05, 3.63) is 59.4 Å². The molecule has 3 N–H and O–H groups in total. The number of rotatable bonds is 6. The quantitative estimate of drug-likeness (QED) is 0.710. The average molecular weight is 326 g/mol. The fraction of sp³-hybridized carbons (Fsp3) is 0.278. The van der Waals surface area contributed by atoms with Crippen molar-refractivity contribution < 1.29 is 19.5 Å². The summed E-state index contributed by atoms with van der Waals surface area (Å²) in [6.07, 6.45) is 5.50. The number of aromatic nitrogens is 1. The van der Waals surface area contributed by atoms with Crippen molar-refractivity contribution in [1.82, 2.24) is 10.3 Å². The SMILES string of the molecule is O=C(O)CC1(NC(=O)c2ccc(C(=O)c3cc[nH]c3)cc2)CCC1. The van der Waals surface area contributed by atoms with Crippen molar-refractivity contribution in [2.75, 3.05) is 0 Å². The fourth-order valence-corrected chi connectivity index (χ4v) is 2.96. The summed E-state index contributed by atoms with van der Waals surface area (Å²) in [5, 5.41) is 11.8. The van der Waals surface area contributed by atoms with Gasteiger partial charge >= 0.3 is 5.97 Å². The third-order valence-corrected chi connectivity index (χ3v) is 4.45. The summed E-state index contributed by atoms with van der Waals surface area (Å²) in [6.45, 7) is 0. The van der Waals surface area contributed by atoms with E-state index in [0.29, 0.717) is 29.5 Å². The molecule has 1 aliphatic carbocycles. The molecule has 24 heavy (non-hydrogen) atoms. The van der Waals surface area contributed by atoms with Gasteiger partial charge in [-0.05, 0) is 37.5 Å². The Morgan fingerprint density at radius 1 is 1.04 bits per heavy atom. The number of carboxylic acids is 1. The molecule has 3 rings (SSSR count). The number of H-pyrrole nitrogens is 1. The van der Waals surface area contributed by atoms with Gasteiger partial charge < -0.3 is 15.4 Å². The lowest BCUT2D eigenvalue weighted by Gasteiger charge is -2.41. The van der Waals surface area contributed by atoms with Gasteiger partial charge in [-0.15, -0.1) is 0 Å². The van der Waals surface area contributed by atoms with Crippen LogP contribution in [0.2, 0.25) is 0 Å². The van der Waals surface area contributed by atoms with Gasteiger partial charge in [-0.25, -0.2) is 0 Å². The maximum absolute atomic E-state index is 12.4. The zero-order valence-corrected chi connectivity index (χ0v) is 13.0. The summed E-state index contributed by atoms with van der Waals surface area (Å²) >= 11 is 0. The summed E-state index contributed by atoms with van der Waals surface area (Å²) in [7, 11) is 0. The van der Waals surface area contributed by atoms with E-state index in [1.807, 2.05) is 0 Å². The normalized spacial score (nSPS) is 15.3. The Bertz CT molecular complexity index is 759. The number of carbonyl (C=O) groups excluding carboxylic acids is 2. The Kier molecular flexibility index (Phi) is 4.20. The van der Waals surface area contributed by atoms with Crippen LogP contribution in [0, 0.1) is 0 Å². The van der Waals surface area contributed by atoms with Gasteiger partial charge in [-0.3, -0.25) is 14.4 Å². The highest BCUT2D eigenvalue weighted by Gasteiger charge is 2.40. The third kappa shape index (κ3) is 3.22. The molecule has 1 aliphatic rings. The first-order valence-electron chi connectivity index (χ1n) is 7.81. The average Bonchev–Trinajstić information content (AvgIpc) is 3.06. The van der Waals surface area contributed by atoms with E-state index in [9.17, 15) is 14.4 Å². The van der Waals surface area contributed by atoms with Gasteiger partial charge in [-0.2, -0.15) is 0 Å². The van der Waals surface area contributed by atoms with E-state index in [1.54, 1.807) is 42.7 Å². The number of carboxylic acid groups (broad SMARTS) is 1. The van der Waals surface area contributed by atoms with Crippen LogP contribution in [0.15, 0.2) is 42.7 Å². The van der Waals surface area contributed by atoms with E-state index in [0.717, 1.165) is 6.42 Å². The lowest BCUT2D eigenvalue weighted by molar-refractivity contribution is -0.139. The van der Waals surface area contributed by atoms with Crippen molar-refractivity contribution in [3.63, 3.8) is 0 Å². The van der Waals surface area contributed by atoms with Crippen molar-refractivity contribution in [1.29, 1.82) is 0 Å². The number of carbonyl (C=O) groups is 3. The summed E-state index contributed by atoms with van der Waals surface area (Å²) in [5.41, 5.74) is 0.831. The smallest absolute Gasteiger partial charge is 0.305 e. The first-order valence-corrected chi connectivity index (χ1v) is 7.81. The van der Waals surface area contributed by atoms with Gasteiger partial charge in [0.25, 0.3) is 5.91 Å². The van der Waals surface area contributed by atoms with Crippen LogP contribution in [-0.2, 0) is 4.79 Å². The molecule has 124 valence electrons. The molecular formula is C18H18N2O4. The molecule has 0 aliphatic heterocycles. The van der Waals surface area contributed by atoms with Crippen molar-refractivity contribution in [3.8, 4) is 0 Å². The number of aliphatic carboxylic acids is 1. The molecule has 0 bridgehead atoms. The van der Waals surface area contributed by atoms with E-state index in [1.165, 1.54) is 0 Å². The Labute approximate surface area is 138 Å². The molecule has 1 fully saturated rings. The second kappa shape index (κ2) is 6.31. The molecule has 1 heterocycles. The van der Waals surface area contributed by atoms with Crippen LogP contribution in [-0.4, -0.2) is 33.3 Å². The Balaban J connectivity index is 1.70. The molecule has 0 unspecified atom stereocenters. The molecule has 1 amide bonds. The monoisotopic (exact) mass is 326 g/mol. The predicted octanol–water partition coefficient (Wildman–Crippen LogP) is 2.37. The van der Waals surface area contributed by atoms with E-state index < -0.39 is 11.5 Å². The molecule has 6 nitrogen and oxygen atoms in total. The summed E-state index contributed by atoms with van der Waals surface area (Å²) < 4.78 is 0. The minimum absolute atomic E-state index is 0.0667. The number of amides is 1. The second-order valence-electron chi connectivity index (χ2n) is 6.16. The molecule has 1 saturated carbocycles. The third-order valence-electron chi connectivity index (χ3n) is 4.45. The number of hydrogen-bond acceptors (Lipinski definition) is 3. The highest BCUT2D eigenvalue weighted by Crippen LogP contribution is 2.35. The Morgan fingerprint density at radius 2 is 1.71 bits per heavy atom. The molecule has 1 aromatic heterocycles. The number of benzene rings is 1. The lowest BCUT2D eigenvalue weighted by Crippen LogP contribution is -2.54. The summed E-state index contributed by atoms with van der Waals surface area (Å²) in [5.74, 6) is -1.34. The van der Waals surface area contributed by atoms with E-state index in [4.69, 9.17) is 5.11 Å². The van der Waals surface area contributed by atoms with Crippen LogP contribution in [0.1, 0.15) is 52.0 Å². The van der Waals surface area contributed by atoms with Crippen molar-refractivity contribution in [2.24, 2.45) is 0 Å². The lowest BCUT2D eigenvalue weighted by atomic mass is 9.74. The fourth-order valence-electron chi connectivity index (χ4n) is 2.96. The van der Waals surface area contributed by atoms with Gasteiger partial charge in [0.2, 0.25) is 0 Å². The summed E-state index contributed by atoms with van der Waals surface area (Å²) in [6, 6.07) is 8.07. The number of ketones is 1. The maximum atomic E-state index is 12.4. The predicted molar refractivity (Wildman–Crippen MR) is 87.0 cm³/mol. The number of hydrogen-bond donors (Lipinski definition) is 3. The zero-order valence-electron chi connectivity index (χ0n) is 13.0. The standard InChI is InChI=1S/C18H18N2O4/c21-15(22)10-18(7-1-8-18)20-17(24)13-4-2-12(3-5-13)16(23)14-6-9-19-11-14/h2-6,9,11,19H,1,7-8,10H2,(H,20,24)(H,21,22). The molecular weight excluding hydrogens is 308 g/mol. The first kappa shape index (κ1) is 16.0. The molecule has 0 atom stereocenters. The maximum Gasteiger partial charge on any atom is 0.305 e. The number of aromatic amines is 1. The molecule has 2 aromatic rings. The van der Waals surface area contributed by atoms with Crippen LogP contribution in [0.4, 0.5) is 0 Å². The van der Waals surface area contributed by atoms with Crippen LogP contribution >= 0.6 is 0 Å². The molecule has 0 radical (unpaired) electrons. The second-order valence-corrected chi connectivity index (χ2v) is 6.16. The molecule has 0 spiro atoms. The van der Waals surface area contributed by atoms with Crippen molar-refractivity contribution in [2.45, 2.75) is 31.2 Å². The highest BCUT2D eigenvalue weighted by molar-refractivity contribution is 6.09. The zero-order chi connectivity index (χ0) is 17.2. The van der Waals surface area contributed by atoms with E-state index in [-0.39, 0.29) is 18.1 Å². The van der Waals surface area contributed by atoms with Crippen LogP contribution in [0.5, 0.6) is 0 Å². The molecule has 0 saturated heterocycles. The minimum Gasteiger partial charge on any atom is -0.481 e. The van der Waals surface area contributed by atoms with Gasteiger partial charge in [-0.1, -0.05) is 12.1 Å². The largest absolute Gasteiger partial charge is 0.481 e. The first-order chi connectivity index (χ1) is 11.5. The molecule has 6 heteroatoms. The van der Waals surface area contributed by atoms with Crippen LogP contribution in [0.25, 0.3) is 0 Å². The Morgan fingerprint density at radius 3 is 2.21 bits per heavy atom. The number of nitrogens with one attached hydrogen (secondary N) is 2. The van der Waals surface area contributed by atoms with E-state index in [2.05, 4.69) is 10.3 Å². The topological polar surface area (TPSA) is 99.3 Å². The highest BCUT2D eigenvalue weighted by atomic mass is 16.4. The Hall–Kier alpha value is -2.89. The van der Waals surface area contributed by atoms with Crippen molar-refractivity contribution >= 4 is 17.7 Å². The summed E-state index contributed by atoms with van der Waals surface area (Å²) in [4.78, 5) is 38.4. The minimum atomic E-state index is -0.914. The molecule has 1 aromatic carbocycles. The van der Waals surface area contributed by atoms with Gasteiger partial charge in [0.1, 0.15) is 0 Å². The van der Waals surface area contributed by atoms with Crippen LogP contribution < -0.4 is 5.32 Å².